The number of pyridine rings is 1. The van der Waals surface area contributed by atoms with Crippen molar-refractivity contribution < 1.29 is 27.9 Å². The van der Waals surface area contributed by atoms with E-state index in [1.165, 1.54) is 0 Å². The van der Waals surface area contributed by atoms with E-state index in [0.29, 0.717) is 5.92 Å². The minimum atomic E-state index is -5.08. The first-order chi connectivity index (χ1) is 13.1. The van der Waals surface area contributed by atoms with Crippen LogP contribution in [0.2, 0.25) is 0 Å². The SMILES string of the molecule is C[C@@H](N)C1CCN(C(=O)c2ccnc3ccccc23)CC1.O=C(O)C(F)(F)F. The van der Waals surface area contributed by atoms with Crippen LogP contribution >= 0.6 is 0 Å². The molecule has 0 bridgehead atoms. The number of nitrogens with two attached hydrogens (primary N) is 1. The van der Waals surface area contributed by atoms with Crippen LogP contribution in [0.3, 0.4) is 0 Å². The van der Waals surface area contributed by atoms with Gasteiger partial charge in [0.2, 0.25) is 0 Å². The Hall–Kier alpha value is -2.68. The largest absolute Gasteiger partial charge is 0.490 e. The summed E-state index contributed by atoms with van der Waals surface area (Å²) in [4.78, 5) is 27.9. The van der Waals surface area contributed by atoms with Gasteiger partial charge < -0.3 is 15.7 Å². The predicted octanol–water partition coefficient (Wildman–Crippen LogP) is 3.07. The molecule has 2 heterocycles. The molecule has 1 amide bonds. The summed E-state index contributed by atoms with van der Waals surface area (Å²) in [6.45, 7) is 3.64. The Labute approximate surface area is 160 Å². The molecule has 2 aromatic rings. The molecule has 9 heteroatoms. The Kier molecular flexibility index (Phi) is 6.95. The first kappa shape index (κ1) is 21.6. The van der Waals surface area contributed by atoms with Gasteiger partial charge in [0.05, 0.1) is 11.1 Å². The highest BCUT2D eigenvalue weighted by atomic mass is 19.4. The molecule has 0 radical (unpaired) electrons. The molecule has 1 aromatic heterocycles. The van der Waals surface area contributed by atoms with E-state index in [1.54, 1.807) is 6.20 Å². The number of nitrogens with zero attached hydrogens (tertiary/aromatic N) is 2. The maximum atomic E-state index is 12.8. The summed E-state index contributed by atoms with van der Waals surface area (Å²) in [6, 6.07) is 9.83. The van der Waals surface area contributed by atoms with E-state index in [1.807, 2.05) is 35.2 Å². The summed E-state index contributed by atoms with van der Waals surface area (Å²) in [7, 11) is 0. The normalized spacial score (nSPS) is 16.2. The molecule has 1 atom stereocenters. The molecule has 0 unspecified atom stereocenters. The number of para-hydroxylation sites is 1. The van der Waals surface area contributed by atoms with Crippen molar-refractivity contribution in [2.24, 2.45) is 11.7 Å². The van der Waals surface area contributed by atoms with Crippen molar-refractivity contribution in [2.75, 3.05) is 13.1 Å². The molecule has 0 spiro atoms. The molecule has 152 valence electrons. The van der Waals surface area contributed by atoms with E-state index in [-0.39, 0.29) is 11.9 Å². The standard InChI is InChI=1S/C17H21N3O.C2HF3O2/c1-12(18)13-7-10-20(11-8-13)17(21)15-6-9-19-16-5-3-2-4-14(15)16;3-2(4,5)1(6)7/h2-6,9,12-13H,7-8,10-11,18H2,1H3;(H,6,7)/t12-;/m1./s1. The Morgan fingerprint density at radius 2 is 1.79 bits per heavy atom. The van der Waals surface area contributed by atoms with Crippen LogP contribution in [0.1, 0.15) is 30.1 Å². The van der Waals surface area contributed by atoms with E-state index in [4.69, 9.17) is 15.6 Å². The van der Waals surface area contributed by atoms with Crippen molar-refractivity contribution in [1.82, 2.24) is 9.88 Å². The topological polar surface area (TPSA) is 96.5 Å². The van der Waals surface area contributed by atoms with Crippen molar-refractivity contribution in [2.45, 2.75) is 32.0 Å². The van der Waals surface area contributed by atoms with Gasteiger partial charge in [-0.3, -0.25) is 9.78 Å². The number of likely N-dealkylation sites (tertiary alicyclic amines) is 1. The zero-order valence-electron chi connectivity index (χ0n) is 15.3. The van der Waals surface area contributed by atoms with E-state index in [2.05, 4.69) is 11.9 Å². The van der Waals surface area contributed by atoms with Gasteiger partial charge in [0.1, 0.15) is 0 Å². The third kappa shape index (κ3) is 5.41. The van der Waals surface area contributed by atoms with E-state index in [0.717, 1.165) is 42.4 Å². The Bertz CT molecular complexity index is 827. The molecule has 1 aromatic carbocycles. The number of hydrogen-bond acceptors (Lipinski definition) is 4. The van der Waals surface area contributed by atoms with Gasteiger partial charge in [-0.25, -0.2) is 4.79 Å². The highest BCUT2D eigenvalue weighted by molar-refractivity contribution is 6.05. The summed E-state index contributed by atoms with van der Waals surface area (Å²) < 4.78 is 31.7. The Morgan fingerprint density at radius 1 is 1.21 bits per heavy atom. The van der Waals surface area contributed by atoms with Crippen LogP contribution in [0.25, 0.3) is 10.9 Å². The van der Waals surface area contributed by atoms with Gasteiger partial charge in [0.25, 0.3) is 5.91 Å². The second kappa shape index (κ2) is 9.01. The first-order valence-corrected chi connectivity index (χ1v) is 8.80. The average molecular weight is 397 g/mol. The number of carbonyl (C=O) groups is 2. The molecule has 1 aliphatic heterocycles. The molecule has 1 fully saturated rings. The van der Waals surface area contributed by atoms with Crippen LogP contribution in [-0.2, 0) is 4.79 Å². The fraction of sp³-hybridized carbons (Fsp3) is 0.421. The summed E-state index contributed by atoms with van der Waals surface area (Å²) in [5.41, 5.74) is 7.58. The lowest BCUT2D eigenvalue weighted by Crippen LogP contribution is -2.42. The highest BCUT2D eigenvalue weighted by Crippen LogP contribution is 2.23. The molecule has 3 rings (SSSR count). The Morgan fingerprint density at radius 3 is 2.32 bits per heavy atom. The number of piperidine rings is 1. The summed E-state index contributed by atoms with van der Waals surface area (Å²) >= 11 is 0. The molecule has 6 nitrogen and oxygen atoms in total. The van der Waals surface area contributed by atoms with Crippen LogP contribution in [0, 0.1) is 5.92 Å². The highest BCUT2D eigenvalue weighted by Gasteiger charge is 2.38. The van der Waals surface area contributed by atoms with Crippen molar-refractivity contribution in [3.63, 3.8) is 0 Å². The number of carbonyl (C=O) groups excluding carboxylic acids is 1. The number of hydrogen-bond donors (Lipinski definition) is 2. The number of benzene rings is 1. The summed E-state index contributed by atoms with van der Waals surface area (Å²) in [5, 5.41) is 8.05. The van der Waals surface area contributed by atoms with Crippen molar-refractivity contribution in [1.29, 1.82) is 0 Å². The van der Waals surface area contributed by atoms with Crippen LogP contribution in [0.4, 0.5) is 13.2 Å². The van der Waals surface area contributed by atoms with E-state index >= 15 is 0 Å². The third-order valence-corrected chi connectivity index (χ3v) is 4.69. The van der Waals surface area contributed by atoms with Gasteiger partial charge in [-0.15, -0.1) is 0 Å². The Balaban J connectivity index is 0.000000345. The fourth-order valence-electron chi connectivity index (χ4n) is 3.08. The van der Waals surface area contributed by atoms with Gasteiger partial charge in [-0.2, -0.15) is 13.2 Å². The third-order valence-electron chi connectivity index (χ3n) is 4.69. The van der Waals surface area contributed by atoms with Gasteiger partial charge >= 0.3 is 12.1 Å². The molecule has 1 aliphatic rings. The first-order valence-electron chi connectivity index (χ1n) is 8.80. The maximum absolute atomic E-state index is 12.8. The maximum Gasteiger partial charge on any atom is 0.490 e. The number of aliphatic carboxylic acids is 1. The molecular formula is C19H22F3N3O3. The second-order valence-corrected chi connectivity index (χ2v) is 6.67. The van der Waals surface area contributed by atoms with Crippen LogP contribution in [0.15, 0.2) is 36.5 Å². The van der Waals surface area contributed by atoms with Gasteiger partial charge in [-0.05, 0) is 37.8 Å². The monoisotopic (exact) mass is 397 g/mol. The van der Waals surface area contributed by atoms with Crippen molar-refractivity contribution in [3.05, 3.63) is 42.1 Å². The molecule has 1 saturated heterocycles. The van der Waals surface area contributed by atoms with Crippen molar-refractivity contribution >= 4 is 22.8 Å². The summed E-state index contributed by atoms with van der Waals surface area (Å²) in [6.07, 6.45) is -1.39. The molecule has 28 heavy (non-hydrogen) atoms. The number of fused-ring (bicyclic) bond motifs is 1. The number of aromatic nitrogens is 1. The lowest BCUT2D eigenvalue weighted by molar-refractivity contribution is -0.192. The smallest absolute Gasteiger partial charge is 0.475 e. The number of rotatable bonds is 2. The number of carboxylic acids is 1. The van der Waals surface area contributed by atoms with Crippen molar-refractivity contribution in [3.8, 4) is 0 Å². The lowest BCUT2D eigenvalue weighted by atomic mass is 9.90. The van der Waals surface area contributed by atoms with Crippen LogP contribution in [0.5, 0.6) is 0 Å². The van der Waals surface area contributed by atoms with Crippen LogP contribution < -0.4 is 5.73 Å². The van der Waals surface area contributed by atoms with Gasteiger partial charge in [-0.1, -0.05) is 18.2 Å². The van der Waals surface area contributed by atoms with Gasteiger partial charge in [0, 0.05) is 30.7 Å². The van der Waals surface area contributed by atoms with Crippen LogP contribution in [-0.4, -0.2) is 52.2 Å². The predicted molar refractivity (Wildman–Crippen MR) is 97.7 cm³/mol. The summed E-state index contributed by atoms with van der Waals surface area (Å²) in [5.74, 6) is -2.12. The minimum Gasteiger partial charge on any atom is -0.475 e. The number of alkyl halides is 3. The zero-order valence-corrected chi connectivity index (χ0v) is 15.3. The number of carboxylic acid groups (broad SMARTS) is 1. The second-order valence-electron chi connectivity index (χ2n) is 6.67. The number of halogens is 3. The quantitative estimate of drug-likeness (QED) is 0.812. The fourth-order valence-corrected chi connectivity index (χ4v) is 3.08. The van der Waals surface area contributed by atoms with E-state index < -0.39 is 12.1 Å². The zero-order chi connectivity index (χ0) is 20.9. The molecule has 3 N–H and O–H groups in total. The molecular weight excluding hydrogens is 375 g/mol. The average Bonchev–Trinajstić information content (AvgIpc) is 2.67. The van der Waals surface area contributed by atoms with Gasteiger partial charge in [0.15, 0.2) is 0 Å². The molecule has 0 aliphatic carbocycles. The van der Waals surface area contributed by atoms with E-state index in [9.17, 15) is 18.0 Å². The number of amides is 1. The minimum absolute atomic E-state index is 0.108. The lowest BCUT2D eigenvalue weighted by Gasteiger charge is -2.33. The molecule has 0 saturated carbocycles.